The van der Waals surface area contributed by atoms with Crippen molar-refractivity contribution in [3.05, 3.63) is 65.7 Å². The molecule has 1 amide bonds. The summed E-state index contributed by atoms with van der Waals surface area (Å²) in [7, 11) is 1.44. The average Bonchev–Trinajstić information content (AvgIpc) is 2.54. The number of rotatable bonds is 5. The van der Waals surface area contributed by atoms with E-state index in [9.17, 15) is 14.7 Å². The Balaban J connectivity index is 2.11. The minimum atomic E-state index is -1.61. The molecular formula is C16H15NO4. The van der Waals surface area contributed by atoms with Crippen LogP contribution >= 0.6 is 0 Å². The lowest BCUT2D eigenvalue weighted by Gasteiger charge is -2.13. The molecule has 0 bridgehead atoms. The topological polar surface area (TPSA) is 75.6 Å². The number of hydrogen-bond donors (Lipinski definition) is 2. The zero-order chi connectivity index (χ0) is 15.2. The number of ketones is 1. The molecule has 0 unspecified atom stereocenters. The molecule has 5 heteroatoms. The van der Waals surface area contributed by atoms with E-state index in [0.29, 0.717) is 11.3 Å². The van der Waals surface area contributed by atoms with Gasteiger partial charge in [-0.05, 0) is 12.1 Å². The third-order valence-corrected chi connectivity index (χ3v) is 2.93. The molecule has 0 aliphatic carbocycles. The Kier molecular flexibility index (Phi) is 4.68. The first-order valence-electron chi connectivity index (χ1n) is 6.34. The Morgan fingerprint density at radius 1 is 1.05 bits per heavy atom. The molecule has 2 aromatic rings. The third-order valence-electron chi connectivity index (χ3n) is 2.93. The van der Waals surface area contributed by atoms with E-state index in [0.717, 1.165) is 0 Å². The zero-order valence-electron chi connectivity index (χ0n) is 11.4. The van der Waals surface area contributed by atoms with Gasteiger partial charge in [-0.1, -0.05) is 42.5 Å². The van der Waals surface area contributed by atoms with Gasteiger partial charge in [-0.15, -0.1) is 0 Å². The van der Waals surface area contributed by atoms with Crippen LogP contribution in [0.25, 0.3) is 0 Å². The van der Waals surface area contributed by atoms with Gasteiger partial charge in [-0.3, -0.25) is 9.59 Å². The summed E-state index contributed by atoms with van der Waals surface area (Å²) in [4.78, 5) is 24.0. The molecule has 0 aliphatic heterocycles. The van der Waals surface area contributed by atoms with Gasteiger partial charge in [0, 0.05) is 5.56 Å². The van der Waals surface area contributed by atoms with Gasteiger partial charge >= 0.3 is 0 Å². The van der Waals surface area contributed by atoms with E-state index < -0.39 is 17.9 Å². The highest BCUT2D eigenvalue weighted by atomic mass is 16.5. The van der Waals surface area contributed by atoms with Gasteiger partial charge in [0.1, 0.15) is 5.75 Å². The number of benzene rings is 2. The summed E-state index contributed by atoms with van der Waals surface area (Å²) in [5.41, 5.74) is 0.574. The molecule has 5 nitrogen and oxygen atoms in total. The Bertz CT molecular complexity index is 640. The molecule has 0 heterocycles. The van der Waals surface area contributed by atoms with Crippen LogP contribution in [0.1, 0.15) is 20.7 Å². The van der Waals surface area contributed by atoms with Crippen LogP contribution in [0, 0.1) is 0 Å². The van der Waals surface area contributed by atoms with Crippen molar-refractivity contribution in [1.82, 2.24) is 5.32 Å². The van der Waals surface area contributed by atoms with Gasteiger partial charge in [0.05, 0.1) is 12.7 Å². The molecule has 1 atom stereocenters. The number of para-hydroxylation sites is 1. The number of methoxy groups -OCH3 is 1. The molecule has 2 aromatic carbocycles. The van der Waals surface area contributed by atoms with Gasteiger partial charge in [0.15, 0.2) is 6.23 Å². The largest absolute Gasteiger partial charge is 0.496 e. The van der Waals surface area contributed by atoms with Crippen LogP contribution in [0.2, 0.25) is 0 Å². The van der Waals surface area contributed by atoms with Crippen LogP contribution in [0.15, 0.2) is 54.6 Å². The molecule has 0 radical (unpaired) electrons. The van der Waals surface area contributed by atoms with E-state index in [2.05, 4.69) is 5.32 Å². The first-order chi connectivity index (χ1) is 10.1. The standard InChI is InChI=1S/C16H15NO4/c1-21-13-10-6-5-9-12(13)15(19)17-16(20)14(18)11-7-3-2-4-8-11/h2-10,16,20H,1H3,(H,17,19)/t16-/m0/s1. The predicted molar refractivity (Wildman–Crippen MR) is 77.2 cm³/mol. The summed E-state index contributed by atoms with van der Waals surface area (Å²) in [6.07, 6.45) is -1.61. The quantitative estimate of drug-likeness (QED) is 0.646. The normalized spacial score (nSPS) is 11.5. The predicted octanol–water partition coefficient (Wildman–Crippen LogP) is 1.63. The number of carbonyl (C=O) groups excluding carboxylic acids is 2. The van der Waals surface area contributed by atoms with Crippen molar-refractivity contribution in [2.45, 2.75) is 6.23 Å². The number of Topliss-reactive ketones (excluding diaryl/α,β-unsaturated/α-hetero) is 1. The molecule has 0 aliphatic rings. The second-order valence-electron chi connectivity index (χ2n) is 4.31. The molecule has 21 heavy (non-hydrogen) atoms. The van der Waals surface area contributed by atoms with Crippen molar-refractivity contribution in [2.75, 3.05) is 7.11 Å². The maximum Gasteiger partial charge on any atom is 0.257 e. The van der Waals surface area contributed by atoms with Crippen LogP contribution in [0.3, 0.4) is 0 Å². The van der Waals surface area contributed by atoms with Crippen LogP contribution in [-0.4, -0.2) is 30.1 Å². The van der Waals surface area contributed by atoms with E-state index in [1.54, 1.807) is 54.6 Å². The summed E-state index contributed by atoms with van der Waals surface area (Å²) in [6.45, 7) is 0. The fourth-order valence-electron chi connectivity index (χ4n) is 1.86. The van der Waals surface area contributed by atoms with Crippen molar-refractivity contribution < 1.29 is 19.4 Å². The molecule has 0 aromatic heterocycles. The van der Waals surface area contributed by atoms with Crippen molar-refractivity contribution in [1.29, 1.82) is 0 Å². The van der Waals surface area contributed by atoms with Gasteiger partial charge in [-0.2, -0.15) is 0 Å². The monoisotopic (exact) mass is 285 g/mol. The Morgan fingerprint density at radius 3 is 2.33 bits per heavy atom. The fraction of sp³-hybridized carbons (Fsp3) is 0.125. The van der Waals surface area contributed by atoms with E-state index in [-0.39, 0.29) is 5.56 Å². The van der Waals surface area contributed by atoms with E-state index in [1.807, 2.05) is 0 Å². The number of aliphatic hydroxyl groups is 1. The maximum absolute atomic E-state index is 12.1. The first-order valence-corrected chi connectivity index (χ1v) is 6.34. The molecule has 0 fully saturated rings. The van der Waals surface area contributed by atoms with Crippen LogP contribution in [0.5, 0.6) is 5.75 Å². The maximum atomic E-state index is 12.1. The molecule has 2 N–H and O–H groups in total. The summed E-state index contributed by atoms with van der Waals surface area (Å²) in [5, 5.41) is 12.1. The smallest absolute Gasteiger partial charge is 0.257 e. The zero-order valence-corrected chi connectivity index (χ0v) is 11.4. The Hall–Kier alpha value is -2.66. The second-order valence-corrected chi connectivity index (χ2v) is 4.31. The summed E-state index contributed by atoms with van der Waals surface area (Å²) < 4.78 is 5.07. The number of carbonyl (C=O) groups is 2. The number of hydrogen-bond acceptors (Lipinski definition) is 4. The van der Waals surface area contributed by atoms with E-state index in [4.69, 9.17) is 4.74 Å². The molecule has 0 saturated carbocycles. The van der Waals surface area contributed by atoms with Crippen LogP contribution in [0.4, 0.5) is 0 Å². The first kappa shape index (κ1) is 14.7. The van der Waals surface area contributed by atoms with Crippen molar-refractivity contribution in [3.63, 3.8) is 0 Å². The molecule has 0 saturated heterocycles. The average molecular weight is 285 g/mol. The van der Waals surface area contributed by atoms with E-state index in [1.165, 1.54) is 7.11 Å². The summed E-state index contributed by atoms with van der Waals surface area (Å²) in [6, 6.07) is 14.8. The molecule has 2 rings (SSSR count). The fourth-order valence-corrected chi connectivity index (χ4v) is 1.86. The molecule has 0 spiro atoms. The number of ether oxygens (including phenoxy) is 1. The van der Waals surface area contributed by atoms with Gasteiger partial charge < -0.3 is 15.2 Å². The van der Waals surface area contributed by atoms with Crippen molar-refractivity contribution in [2.24, 2.45) is 0 Å². The summed E-state index contributed by atoms with van der Waals surface area (Å²) >= 11 is 0. The van der Waals surface area contributed by atoms with Gasteiger partial charge in [0.2, 0.25) is 5.78 Å². The molecule has 108 valence electrons. The lowest BCUT2D eigenvalue weighted by Crippen LogP contribution is -2.40. The number of amides is 1. The number of nitrogens with one attached hydrogen (secondary N) is 1. The second kappa shape index (κ2) is 6.67. The Morgan fingerprint density at radius 2 is 1.67 bits per heavy atom. The lowest BCUT2D eigenvalue weighted by molar-refractivity contribution is 0.0606. The minimum Gasteiger partial charge on any atom is -0.496 e. The van der Waals surface area contributed by atoms with Crippen LogP contribution < -0.4 is 10.1 Å². The third kappa shape index (κ3) is 3.46. The van der Waals surface area contributed by atoms with Gasteiger partial charge in [-0.25, -0.2) is 0 Å². The summed E-state index contributed by atoms with van der Waals surface area (Å²) in [5.74, 6) is -0.780. The number of aliphatic hydroxyl groups excluding tert-OH is 1. The SMILES string of the molecule is COc1ccccc1C(=O)N[C@@H](O)C(=O)c1ccccc1. The van der Waals surface area contributed by atoms with Gasteiger partial charge in [0.25, 0.3) is 5.91 Å². The minimum absolute atomic E-state index is 0.250. The van der Waals surface area contributed by atoms with Crippen molar-refractivity contribution >= 4 is 11.7 Å². The lowest BCUT2D eigenvalue weighted by atomic mass is 10.1. The van der Waals surface area contributed by atoms with E-state index >= 15 is 0 Å². The molecular weight excluding hydrogens is 270 g/mol. The highest BCUT2D eigenvalue weighted by Gasteiger charge is 2.21. The van der Waals surface area contributed by atoms with Crippen LogP contribution in [-0.2, 0) is 0 Å². The highest BCUT2D eigenvalue weighted by Crippen LogP contribution is 2.17. The Labute approximate surface area is 122 Å². The van der Waals surface area contributed by atoms with Crippen molar-refractivity contribution in [3.8, 4) is 5.75 Å². The highest BCUT2D eigenvalue weighted by molar-refractivity contribution is 6.04.